The van der Waals surface area contributed by atoms with E-state index in [2.05, 4.69) is 19.2 Å². The van der Waals surface area contributed by atoms with Crippen molar-refractivity contribution in [3.8, 4) is 0 Å². The zero-order valence-electron chi connectivity index (χ0n) is 8.62. The lowest BCUT2D eigenvalue weighted by Crippen LogP contribution is -2.36. The van der Waals surface area contributed by atoms with Gasteiger partial charge >= 0.3 is 0 Å². The minimum absolute atomic E-state index is 0.358. The van der Waals surface area contributed by atoms with Crippen molar-refractivity contribution in [3.63, 3.8) is 0 Å². The van der Waals surface area contributed by atoms with Crippen LogP contribution in [0.1, 0.15) is 33.1 Å². The lowest BCUT2D eigenvalue weighted by atomic mass is 9.96. The van der Waals surface area contributed by atoms with Crippen LogP contribution in [0.25, 0.3) is 0 Å². The summed E-state index contributed by atoms with van der Waals surface area (Å²) >= 11 is 0. The number of rotatable bonds is 6. The van der Waals surface area contributed by atoms with Crippen molar-refractivity contribution in [1.29, 1.82) is 0 Å². The first-order valence-corrected chi connectivity index (χ1v) is 5.21. The van der Waals surface area contributed by atoms with Crippen LogP contribution in [0.2, 0.25) is 0 Å². The van der Waals surface area contributed by atoms with Crippen molar-refractivity contribution < 1.29 is 9.84 Å². The van der Waals surface area contributed by atoms with Gasteiger partial charge in [0.25, 0.3) is 0 Å². The van der Waals surface area contributed by atoms with Crippen molar-refractivity contribution in [2.45, 2.75) is 51.4 Å². The minimum Gasteiger partial charge on any atom is -0.389 e. The molecule has 1 saturated carbocycles. The molecule has 0 heterocycles. The van der Waals surface area contributed by atoms with Crippen LogP contribution < -0.4 is 5.32 Å². The molecule has 0 amide bonds. The molecular weight excluding hydrogens is 166 g/mol. The van der Waals surface area contributed by atoms with E-state index in [0.29, 0.717) is 25.3 Å². The van der Waals surface area contributed by atoms with Crippen molar-refractivity contribution in [2.75, 3.05) is 13.2 Å². The van der Waals surface area contributed by atoms with Crippen molar-refractivity contribution in [3.05, 3.63) is 0 Å². The molecule has 1 rings (SSSR count). The predicted octanol–water partition coefficient (Wildman–Crippen LogP) is 0.914. The third kappa shape index (κ3) is 4.60. The molecule has 0 saturated heterocycles. The molecule has 2 N–H and O–H groups in total. The third-order valence-corrected chi connectivity index (χ3v) is 2.34. The quantitative estimate of drug-likeness (QED) is 0.649. The smallest absolute Gasteiger partial charge is 0.0897 e. The molecule has 0 radical (unpaired) electrons. The van der Waals surface area contributed by atoms with Crippen molar-refractivity contribution in [2.24, 2.45) is 0 Å². The van der Waals surface area contributed by atoms with Gasteiger partial charge in [-0.1, -0.05) is 13.8 Å². The molecule has 0 aliphatic heterocycles. The van der Waals surface area contributed by atoms with Crippen LogP contribution in [0.15, 0.2) is 0 Å². The second-order valence-corrected chi connectivity index (χ2v) is 4.10. The predicted molar refractivity (Wildman–Crippen MR) is 52.7 cm³/mol. The summed E-state index contributed by atoms with van der Waals surface area (Å²) in [7, 11) is 0. The number of aliphatic hydroxyl groups is 1. The zero-order valence-corrected chi connectivity index (χ0v) is 8.62. The molecule has 0 aromatic carbocycles. The average molecular weight is 187 g/mol. The lowest BCUT2D eigenvalue weighted by molar-refractivity contribution is -0.0413. The molecule has 0 aromatic heterocycles. The average Bonchev–Trinajstić information content (AvgIpc) is 1.98. The Balaban J connectivity index is 1.93. The number of hydrogen-bond donors (Lipinski definition) is 2. The summed E-state index contributed by atoms with van der Waals surface area (Å²) < 4.78 is 5.48. The highest BCUT2D eigenvalue weighted by Crippen LogP contribution is 2.21. The van der Waals surface area contributed by atoms with Gasteiger partial charge in [-0.05, 0) is 19.3 Å². The molecule has 0 bridgehead atoms. The topological polar surface area (TPSA) is 41.5 Å². The summed E-state index contributed by atoms with van der Waals surface area (Å²) in [6, 6.07) is 0.429. The van der Waals surface area contributed by atoms with E-state index in [9.17, 15) is 5.11 Å². The van der Waals surface area contributed by atoms with Crippen molar-refractivity contribution in [1.82, 2.24) is 5.32 Å². The fourth-order valence-electron chi connectivity index (χ4n) is 1.22. The third-order valence-electron chi connectivity index (χ3n) is 2.34. The van der Waals surface area contributed by atoms with Gasteiger partial charge in [0.2, 0.25) is 0 Å². The summed E-state index contributed by atoms with van der Waals surface area (Å²) in [6.45, 7) is 5.24. The van der Waals surface area contributed by atoms with Gasteiger partial charge in [0, 0.05) is 12.6 Å². The second-order valence-electron chi connectivity index (χ2n) is 4.10. The van der Waals surface area contributed by atoms with E-state index in [0.717, 1.165) is 0 Å². The Morgan fingerprint density at radius 2 is 2.15 bits per heavy atom. The summed E-state index contributed by atoms with van der Waals surface area (Å²) in [5.74, 6) is 0. The largest absolute Gasteiger partial charge is 0.389 e. The normalized spacial score (nSPS) is 20.3. The van der Waals surface area contributed by atoms with Crippen LogP contribution in [0.4, 0.5) is 0 Å². The first kappa shape index (κ1) is 11.0. The SMILES string of the molecule is CC(C)NCC(O)COC1CCC1. The molecule has 3 heteroatoms. The van der Waals surface area contributed by atoms with Crippen LogP contribution >= 0.6 is 0 Å². The maximum atomic E-state index is 9.48. The van der Waals surface area contributed by atoms with E-state index in [1.165, 1.54) is 19.3 Å². The maximum Gasteiger partial charge on any atom is 0.0897 e. The minimum atomic E-state index is -0.358. The Labute approximate surface area is 80.5 Å². The Bertz CT molecular complexity index is 135. The standard InChI is InChI=1S/C10H21NO2/c1-8(2)11-6-9(12)7-13-10-4-3-5-10/h8-12H,3-7H2,1-2H3. The highest BCUT2D eigenvalue weighted by molar-refractivity contribution is 4.70. The van der Waals surface area contributed by atoms with Gasteiger partial charge in [-0.25, -0.2) is 0 Å². The van der Waals surface area contributed by atoms with Crippen molar-refractivity contribution >= 4 is 0 Å². The van der Waals surface area contributed by atoms with Crippen LogP contribution in [0.3, 0.4) is 0 Å². The Kier molecular flexibility index (Phi) is 4.70. The molecule has 1 aliphatic carbocycles. The van der Waals surface area contributed by atoms with E-state index < -0.39 is 0 Å². The number of aliphatic hydroxyl groups excluding tert-OH is 1. The van der Waals surface area contributed by atoms with Gasteiger partial charge in [-0.15, -0.1) is 0 Å². The van der Waals surface area contributed by atoms with Crippen LogP contribution in [0.5, 0.6) is 0 Å². The number of hydrogen-bond acceptors (Lipinski definition) is 3. The molecule has 1 fully saturated rings. The summed E-state index contributed by atoms with van der Waals surface area (Å²) in [5, 5.41) is 12.7. The molecule has 13 heavy (non-hydrogen) atoms. The molecule has 1 aliphatic rings. The van der Waals surface area contributed by atoms with Gasteiger partial charge in [0.15, 0.2) is 0 Å². The van der Waals surface area contributed by atoms with Crippen LogP contribution in [-0.2, 0) is 4.74 Å². The number of nitrogens with one attached hydrogen (secondary N) is 1. The van der Waals surface area contributed by atoms with Gasteiger partial charge in [-0.2, -0.15) is 0 Å². The molecule has 78 valence electrons. The van der Waals surface area contributed by atoms with E-state index in [1.807, 2.05) is 0 Å². The van der Waals surface area contributed by atoms with Gasteiger partial charge in [0.05, 0.1) is 18.8 Å². The van der Waals surface area contributed by atoms with E-state index in [1.54, 1.807) is 0 Å². The fraction of sp³-hybridized carbons (Fsp3) is 1.00. The first-order chi connectivity index (χ1) is 6.18. The molecule has 3 nitrogen and oxygen atoms in total. The highest BCUT2D eigenvalue weighted by atomic mass is 16.5. The second kappa shape index (κ2) is 5.58. The summed E-state index contributed by atoms with van der Waals surface area (Å²) in [5.41, 5.74) is 0. The first-order valence-electron chi connectivity index (χ1n) is 5.21. The van der Waals surface area contributed by atoms with Crippen LogP contribution in [0, 0.1) is 0 Å². The summed E-state index contributed by atoms with van der Waals surface area (Å²) in [4.78, 5) is 0. The maximum absolute atomic E-state index is 9.48. The lowest BCUT2D eigenvalue weighted by Gasteiger charge is -2.26. The van der Waals surface area contributed by atoms with E-state index in [4.69, 9.17) is 4.74 Å². The number of ether oxygens (including phenoxy) is 1. The highest BCUT2D eigenvalue weighted by Gasteiger charge is 2.18. The van der Waals surface area contributed by atoms with Gasteiger partial charge < -0.3 is 15.2 Å². The van der Waals surface area contributed by atoms with Gasteiger partial charge in [-0.3, -0.25) is 0 Å². The van der Waals surface area contributed by atoms with Gasteiger partial charge in [0.1, 0.15) is 0 Å². The van der Waals surface area contributed by atoms with Crippen LogP contribution in [-0.4, -0.2) is 36.5 Å². The molecule has 0 spiro atoms. The zero-order chi connectivity index (χ0) is 9.68. The molecule has 0 aromatic rings. The van der Waals surface area contributed by atoms with E-state index >= 15 is 0 Å². The van der Waals surface area contributed by atoms with E-state index in [-0.39, 0.29) is 6.10 Å². The Morgan fingerprint density at radius 3 is 2.62 bits per heavy atom. The Morgan fingerprint density at radius 1 is 1.46 bits per heavy atom. The fourth-order valence-corrected chi connectivity index (χ4v) is 1.22. The molecular formula is C10H21NO2. The molecule has 1 unspecified atom stereocenters. The Hall–Kier alpha value is -0.120. The monoisotopic (exact) mass is 187 g/mol. The molecule has 1 atom stereocenters. The summed E-state index contributed by atoms with van der Waals surface area (Å²) in [6.07, 6.45) is 3.69.